The molecule has 0 radical (unpaired) electrons. The molecule has 2 rings (SSSR count). The van der Waals surface area contributed by atoms with Crippen molar-refractivity contribution < 1.29 is 31.3 Å². The lowest BCUT2D eigenvalue weighted by Gasteiger charge is -2.22. The summed E-state index contributed by atoms with van der Waals surface area (Å²) in [5, 5.41) is -1.05. The van der Waals surface area contributed by atoms with Crippen LogP contribution in [-0.4, -0.2) is 37.0 Å². The number of alkyl halides is 2. The largest absolute Gasteiger partial charge is 0.450 e. The van der Waals surface area contributed by atoms with E-state index in [1.54, 1.807) is 0 Å². The first-order valence-corrected chi connectivity index (χ1v) is 11.9. The van der Waals surface area contributed by atoms with Crippen LogP contribution in [0.25, 0.3) is 0 Å². The summed E-state index contributed by atoms with van der Waals surface area (Å²) in [5.74, 6) is 1.42. The van der Waals surface area contributed by atoms with Gasteiger partial charge in [0.15, 0.2) is 0 Å². The van der Waals surface area contributed by atoms with Crippen molar-refractivity contribution in [1.82, 2.24) is 5.32 Å². The molecule has 0 heterocycles. The minimum Gasteiger partial charge on any atom is -0.450 e. The second kappa shape index (κ2) is 10.7. The van der Waals surface area contributed by atoms with E-state index in [1.807, 2.05) is 0 Å². The molecule has 164 valence electrons. The number of amides is 1. The third kappa shape index (κ3) is 7.46. The molecule has 2 aliphatic carbocycles. The molecule has 0 aromatic rings. The third-order valence-corrected chi connectivity index (χ3v) is 6.97. The van der Waals surface area contributed by atoms with E-state index in [2.05, 4.69) is 5.32 Å². The molecule has 2 bridgehead atoms. The van der Waals surface area contributed by atoms with Crippen LogP contribution < -0.4 is 5.32 Å². The number of halogens is 2. The van der Waals surface area contributed by atoms with Crippen molar-refractivity contribution in [3.05, 3.63) is 0 Å². The summed E-state index contributed by atoms with van der Waals surface area (Å²) in [7, 11) is -5.30. The average molecular weight is 426 g/mol. The summed E-state index contributed by atoms with van der Waals surface area (Å²) in [6.45, 7) is 0.414. The molecular weight excluding hydrogens is 392 g/mol. The van der Waals surface area contributed by atoms with Gasteiger partial charge in [0.1, 0.15) is 0 Å². The number of hydrogen-bond acceptors (Lipinski definition) is 4. The zero-order valence-electron chi connectivity index (χ0n) is 16.4. The van der Waals surface area contributed by atoms with Crippen molar-refractivity contribution in [2.75, 3.05) is 6.61 Å². The van der Waals surface area contributed by atoms with Crippen LogP contribution in [0.3, 0.4) is 0 Å². The molecule has 3 unspecified atom stereocenters. The van der Waals surface area contributed by atoms with E-state index in [0.717, 1.165) is 50.9 Å². The Balaban J connectivity index is 1.36. The molecule has 0 saturated heterocycles. The second-order valence-corrected chi connectivity index (χ2v) is 9.80. The zero-order chi connectivity index (χ0) is 20.6. The third-order valence-electron chi connectivity index (χ3n) is 6.01. The Hall–Kier alpha value is -0.960. The van der Waals surface area contributed by atoms with E-state index in [0.29, 0.717) is 25.0 Å². The van der Waals surface area contributed by atoms with Gasteiger partial charge in [0.05, 0.1) is 6.61 Å². The van der Waals surface area contributed by atoms with Gasteiger partial charge in [0.25, 0.3) is 0 Å². The van der Waals surface area contributed by atoms with Gasteiger partial charge in [-0.2, -0.15) is 17.2 Å². The van der Waals surface area contributed by atoms with Gasteiger partial charge in [0.2, 0.25) is 0 Å². The van der Waals surface area contributed by atoms with Crippen molar-refractivity contribution >= 4 is 16.2 Å². The fourth-order valence-corrected chi connectivity index (χ4v) is 4.80. The van der Waals surface area contributed by atoms with Crippen LogP contribution in [0.2, 0.25) is 0 Å². The molecule has 2 saturated carbocycles. The van der Waals surface area contributed by atoms with Crippen LogP contribution in [0, 0.1) is 11.8 Å². The van der Waals surface area contributed by atoms with Gasteiger partial charge < -0.3 is 10.1 Å². The highest BCUT2D eigenvalue weighted by Crippen LogP contribution is 2.44. The highest BCUT2D eigenvalue weighted by atomic mass is 32.2. The van der Waals surface area contributed by atoms with Crippen LogP contribution in [0.15, 0.2) is 0 Å². The number of unbranched alkanes of at least 4 members (excludes halogenated alkanes) is 7. The van der Waals surface area contributed by atoms with Gasteiger partial charge in [-0.1, -0.05) is 44.9 Å². The predicted octanol–water partition coefficient (Wildman–Crippen LogP) is 4.89. The molecule has 0 aromatic carbocycles. The Morgan fingerprint density at radius 3 is 2.14 bits per heavy atom. The molecule has 28 heavy (non-hydrogen) atoms. The van der Waals surface area contributed by atoms with Crippen molar-refractivity contribution in [3.8, 4) is 0 Å². The number of fused-ring (bicyclic) bond motifs is 2. The van der Waals surface area contributed by atoms with Crippen LogP contribution in [0.5, 0.6) is 0 Å². The summed E-state index contributed by atoms with van der Waals surface area (Å²) in [5.41, 5.74) is 0. The van der Waals surface area contributed by atoms with E-state index in [9.17, 15) is 22.0 Å². The standard InChI is InChI=1S/C19H33F2NO5S/c20-19(21,28(24,25)26)11-7-5-3-1-2-4-6-8-12-27-18(23)22-17-14-15-9-10-16(17)13-15/h15-17H,1-14H2,(H,22,23)(H,24,25,26). The maximum Gasteiger partial charge on any atom is 0.407 e. The van der Waals surface area contributed by atoms with Crippen LogP contribution in [-0.2, 0) is 14.9 Å². The molecule has 0 aromatic heterocycles. The predicted molar refractivity (Wildman–Crippen MR) is 102 cm³/mol. The highest BCUT2D eigenvalue weighted by Gasteiger charge is 2.43. The number of carbonyl (C=O) groups is 1. The lowest BCUT2D eigenvalue weighted by molar-refractivity contribution is 0.0683. The second-order valence-electron chi connectivity index (χ2n) is 8.25. The maximum atomic E-state index is 13.0. The highest BCUT2D eigenvalue weighted by molar-refractivity contribution is 7.86. The molecule has 0 spiro atoms. The summed E-state index contributed by atoms with van der Waals surface area (Å²) in [6, 6.07) is 0.295. The van der Waals surface area contributed by atoms with E-state index in [-0.39, 0.29) is 12.5 Å². The SMILES string of the molecule is O=C(NC1CC2CCC1C2)OCCCCCCCCCCC(F)(F)S(=O)(=O)O. The van der Waals surface area contributed by atoms with E-state index >= 15 is 0 Å². The van der Waals surface area contributed by atoms with Crippen LogP contribution >= 0.6 is 0 Å². The maximum absolute atomic E-state index is 13.0. The van der Waals surface area contributed by atoms with Gasteiger partial charge in [0, 0.05) is 12.5 Å². The first-order valence-electron chi connectivity index (χ1n) is 10.5. The number of nitrogens with one attached hydrogen (secondary N) is 1. The Bertz CT molecular complexity index is 599. The van der Waals surface area contributed by atoms with Gasteiger partial charge >= 0.3 is 21.5 Å². The Morgan fingerprint density at radius 1 is 1.00 bits per heavy atom. The summed E-state index contributed by atoms with van der Waals surface area (Å²) < 4.78 is 60.6. The van der Waals surface area contributed by atoms with E-state index < -0.39 is 21.8 Å². The average Bonchev–Trinajstić information content (AvgIpc) is 3.21. The van der Waals surface area contributed by atoms with Crippen molar-refractivity contribution in [3.63, 3.8) is 0 Å². The molecule has 2 N–H and O–H groups in total. The van der Waals surface area contributed by atoms with Gasteiger partial charge in [-0.05, 0) is 43.9 Å². The smallest absolute Gasteiger partial charge is 0.407 e. The lowest BCUT2D eigenvalue weighted by Crippen LogP contribution is -2.38. The molecule has 2 fully saturated rings. The number of carbonyl (C=O) groups excluding carboxylic acids is 1. The molecule has 9 heteroatoms. The number of hydrogen-bond donors (Lipinski definition) is 2. The molecule has 6 nitrogen and oxygen atoms in total. The molecule has 0 aliphatic heterocycles. The summed E-state index contributed by atoms with van der Waals surface area (Å²) in [4.78, 5) is 11.8. The Labute approximate surface area is 166 Å². The molecule has 2 aliphatic rings. The minimum absolute atomic E-state index is 0.0678. The van der Waals surface area contributed by atoms with Gasteiger partial charge in [-0.15, -0.1) is 0 Å². The van der Waals surface area contributed by atoms with Crippen molar-refractivity contribution in [1.29, 1.82) is 0 Å². The van der Waals surface area contributed by atoms with Crippen molar-refractivity contribution in [2.24, 2.45) is 11.8 Å². The van der Waals surface area contributed by atoms with Gasteiger partial charge in [-0.3, -0.25) is 4.55 Å². The zero-order valence-corrected chi connectivity index (χ0v) is 17.2. The minimum atomic E-state index is -5.30. The van der Waals surface area contributed by atoms with Gasteiger partial charge in [-0.25, -0.2) is 4.79 Å². The fourth-order valence-electron chi connectivity index (χ4n) is 4.40. The first kappa shape index (κ1) is 23.3. The monoisotopic (exact) mass is 425 g/mol. The molecular formula is C19H33F2NO5S. The lowest BCUT2D eigenvalue weighted by atomic mass is 9.96. The molecule has 1 amide bonds. The van der Waals surface area contributed by atoms with Crippen LogP contribution in [0.4, 0.5) is 13.6 Å². The van der Waals surface area contributed by atoms with E-state index in [4.69, 9.17) is 9.29 Å². The normalized spacial score (nSPS) is 24.5. The Kier molecular flexibility index (Phi) is 8.92. The number of ether oxygens (including phenoxy) is 1. The van der Waals surface area contributed by atoms with E-state index in [1.165, 1.54) is 19.3 Å². The number of rotatable bonds is 13. The van der Waals surface area contributed by atoms with Crippen LogP contribution in [0.1, 0.15) is 83.5 Å². The quantitative estimate of drug-likeness (QED) is 0.324. The first-order chi connectivity index (χ1) is 13.2. The Morgan fingerprint density at radius 2 is 1.61 bits per heavy atom. The summed E-state index contributed by atoms with van der Waals surface area (Å²) in [6.07, 6.45) is 9.64. The molecule has 3 atom stereocenters. The summed E-state index contributed by atoms with van der Waals surface area (Å²) >= 11 is 0. The van der Waals surface area contributed by atoms with Crippen molar-refractivity contribution in [2.45, 2.75) is 94.8 Å². The topological polar surface area (TPSA) is 92.7 Å². The fraction of sp³-hybridized carbons (Fsp3) is 0.947. The number of alkyl carbamates (subject to hydrolysis) is 1.